The third-order valence-electron chi connectivity index (χ3n) is 11.8. The summed E-state index contributed by atoms with van der Waals surface area (Å²) in [6.45, 7) is 0. The van der Waals surface area contributed by atoms with E-state index in [2.05, 4.69) is 133 Å². The van der Waals surface area contributed by atoms with Crippen molar-refractivity contribution >= 4 is 21.9 Å². The Morgan fingerprint density at radius 3 is 1.50 bits per heavy atom. The van der Waals surface area contributed by atoms with Crippen LogP contribution in [-0.4, -0.2) is 15.0 Å². The van der Waals surface area contributed by atoms with Crippen molar-refractivity contribution in [3.8, 4) is 67.5 Å². The Morgan fingerprint density at radius 1 is 0.304 bits per heavy atom. The van der Waals surface area contributed by atoms with Gasteiger partial charge in [0.1, 0.15) is 11.2 Å². The maximum Gasteiger partial charge on any atom is 0.164 e. The zero-order valence-electron chi connectivity index (χ0n) is 30.1. The van der Waals surface area contributed by atoms with Gasteiger partial charge in [0, 0.05) is 27.5 Å². The highest BCUT2D eigenvalue weighted by atomic mass is 16.3. The predicted molar refractivity (Wildman–Crippen MR) is 225 cm³/mol. The van der Waals surface area contributed by atoms with Crippen molar-refractivity contribution < 1.29 is 4.42 Å². The fourth-order valence-corrected chi connectivity index (χ4v) is 9.40. The van der Waals surface area contributed by atoms with Gasteiger partial charge in [-0.25, -0.2) is 15.0 Å². The Hall–Kier alpha value is -7.43. The summed E-state index contributed by atoms with van der Waals surface area (Å²) < 4.78 is 6.29. The molecule has 0 saturated heterocycles. The van der Waals surface area contributed by atoms with Crippen LogP contribution in [-0.2, 0) is 5.41 Å². The van der Waals surface area contributed by atoms with Gasteiger partial charge in [-0.1, -0.05) is 164 Å². The molecule has 2 heterocycles. The van der Waals surface area contributed by atoms with Crippen LogP contribution in [0.1, 0.15) is 22.3 Å². The molecule has 0 radical (unpaired) electrons. The fraction of sp³-hybridized carbons (Fsp3) is 0.0192. The molecule has 4 nitrogen and oxygen atoms in total. The summed E-state index contributed by atoms with van der Waals surface area (Å²) in [5.74, 6) is 1.82. The Balaban J connectivity index is 1.07. The van der Waals surface area contributed by atoms with Crippen LogP contribution in [0.25, 0.3) is 89.5 Å². The van der Waals surface area contributed by atoms with Gasteiger partial charge in [-0.3, -0.25) is 0 Å². The van der Waals surface area contributed by atoms with Crippen molar-refractivity contribution in [3.05, 3.63) is 210 Å². The maximum absolute atomic E-state index is 6.29. The van der Waals surface area contributed by atoms with E-state index in [1.165, 1.54) is 44.5 Å². The molecule has 2 aliphatic carbocycles. The number of hydrogen-bond acceptors (Lipinski definition) is 4. The van der Waals surface area contributed by atoms with Gasteiger partial charge in [-0.2, -0.15) is 0 Å². The molecule has 0 unspecified atom stereocenters. The molecule has 0 N–H and O–H groups in total. The third kappa shape index (κ3) is 4.32. The number of fused-ring (bicyclic) bond motifs is 13. The van der Waals surface area contributed by atoms with Crippen LogP contribution in [0, 0.1) is 0 Å². The van der Waals surface area contributed by atoms with Gasteiger partial charge in [0.15, 0.2) is 17.5 Å². The van der Waals surface area contributed by atoms with Crippen LogP contribution >= 0.6 is 0 Å². The van der Waals surface area contributed by atoms with Crippen LogP contribution in [0.5, 0.6) is 0 Å². The number of furan rings is 1. The number of benzene rings is 8. The molecule has 2 aromatic heterocycles. The Kier molecular flexibility index (Phi) is 6.52. The standard InChI is InChI=1S/C52H31N3O/c1-2-14-32(15-3-1)49-53-50(34-27-29-41-40-20-9-13-25-47(40)56-48(41)31-34)55-51(54-49)42-21-5-4-16-35(42)33-26-28-39-38-19-8-12-24-45(38)52(46(39)30-33)43-22-10-6-17-36(43)37-18-7-11-23-44(37)52/h1-31H. The van der Waals surface area contributed by atoms with Crippen molar-refractivity contribution in [2.24, 2.45) is 0 Å². The molecule has 2 aliphatic rings. The van der Waals surface area contributed by atoms with E-state index in [-0.39, 0.29) is 0 Å². The summed E-state index contributed by atoms with van der Waals surface area (Å²) in [4.78, 5) is 15.4. The number of para-hydroxylation sites is 1. The summed E-state index contributed by atoms with van der Waals surface area (Å²) in [6.07, 6.45) is 0. The van der Waals surface area contributed by atoms with Crippen molar-refractivity contribution in [3.63, 3.8) is 0 Å². The first-order chi connectivity index (χ1) is 27.8. The summed E-state index contributed by atoms with van der Waals surface area (Å²) in [6, 6.07) is 66.8. The Labute approximate surface area is 323 Å². The highest BCUT2D eigenvalue weighted by Crippen LogP contribution is 2.63. The molecule has 0 aliphatic heterocycles. The molecule has 1 spiro atoms. The second-order valence-electron chi connectivity index (χ2n) is 14.7. The van der Waals surface area contributed by atoms with Gasteiger partial charge in [0.2, 0.25) is 0 Å². The van der Waals surface area contributed by atoms with E-state index >= 15 is 0 Å². The van der Waals surface area contributed by atoms with Crippen LogP contribution in [0.4, 0.5) is 0 Å². The number of aromatic nitrogens is 3. The lowest BCUT2D eigenvalue weighted by molar-refractivity contribution is 0.669. The molecular weight excluding hydrogens is 683 g/mol. The monoisotopic (exact) mass is 713 g/mol. The predicted octanol–water partition coefficient (Wildman–Crippen LogP) is 12.8. The van der Waals surface area contributed by atoms with Crippen LogP contribution in [0.3, 0.4) is 0 Å². The highest BCUT2D eigenvalue weighted by molar-refractivity contribution is 6.06. The van der Waals surface area contributed by atoms with E-state index in [1.54, 1.807) is 0 Å². The summed E-state index contributed by atoms with van der Waals surface area (Å²) in [5, 5.41) is 2.16. The topological polar surface area (TPSA) is 51.8 Å². The summed E-state index contributed by atoms with van der Waals surface area (Å²) >= 11 is 0. The molecule has 260 valence electrons. The lowest BCUT2D eigenvalue weighted by Gasteiger charge is -2.30. The minimum Gasteiger partial charge on any atom is -0.456 e. The minimum atomic E-state index is -0.430. The first-order valence-corrected chi connectivity index (χ1v) is 19.0. The first-order valence-electron chi connectivity index (χ1n) is 19.0. The molecule has 4 heteroatoms. The SMILES string of the molecule is c1ccc(-c2nc(-c3ccc4c(c3)oc3ccccc34)nc(-c3ccccc3-c3ccc4c(c3)C3(c5ccccc5-c5ccccc53)c3ccccc3-4)n2)cc1. The molecule has 8 aromatic carbocycles. The third-order valence-corrected chi connectivity index (χ3v) is 11.8. The molecule has 0 bridgehead atoms. The van der Waals surface area contributed by atoms with Gasteiger partial charge in [-0.15, -0.1) is 0 Å². The quantitative estimate of drug-likeness (QED) is 0.182. The van der Waals surface area contributed by atoms with Crippen molar-refractivity contribution in [1.82, 2.24) is 15.0 Å². The normalized spacial score (nSPS) is 13.1. The van der Waals surface area contributed by atoms with Crippen molar-refractivity contribution in [1.29, 1.82) is 0 Å². The molecule has 0 amide bonds. The zero-order valence-corrected chi connectivity index (χ0v) is 30.1. The van der Waals surface area contributed by atoms with Crippen molar-refractivity contribution in [2.45, 2.75) is 5.41 Å². The lowest BCUT2D eigenvalue weighted by Crippen LogP contribution is -2.25. The van der Waals surface area contributed by atoms with Crippen LogP contribution in [0.2, 0.25) is 0 Å². The Morgan fingerprint density at radius 2 is 0.804 bits per heavy atom. The van der Waals surface area contributed by atoms with Gasteiger partial charge in [-0.05, 0) is 79.9 Å². The van der Waals surface area contributed by atoms with E-state index < -0.39 is 5.41 Å². The van der Waals surface area contributed by atoms with E-state index in [0.29, 0.717) is 17.5 Å². The largest absolute Gasteiger partial charge is 0.456 e. The number of hydrogen-bond donors (Lipinski definition) is 0. The van der Waals surface area contributed by atoms with Gasteiger partial charge in [0.05, 0.1) is 5.41 Å². The molecule has 0 atom stereocenters. The smallest absolute Gasteiger partial charge is 0.164 e. The van der Waals surface area contributed by atoms with Gasteiger partial charge in [0.25, 0.3) is 0 Å². The van der Waals surface area contributed by atoms with E-state index in [9.17, 15) is 0 Å². The van der Waals surface area contributed by atoms with Crippen LogP contribution < -0.4 is 0 Å². The average molecular weight is 714 g/mol. The Bertz CT molecular complexity index is 3150. The molecule has 0 fully saturated rings. The number of nitrogens with zero attached hydrogens (tertiary/aromatic N) is 3. The van der Waals surface area contributed by atoms with E-state index in [0.717, 1.165) is 49.8 Å². The van der Waals surface area contributed by atoms with E-state index in [1.807, 2.05) is 54.6 Å². The maximum atomic E-state index is 6.29. The molecular formula is C52H31N3O. The zero-order chi connectivity index (χ0) is 36.8. The molecule has 10 aromatic rings. The highest BCUT2D eigenvalue weighted by Gasteiger charge is 2.51. The number of rotatable bonds is 4. The second kappa shape index (κ2) is 11.8. The second-order valence-corrected chi connectivity index (χ2v) is 14.7. The molecule has 12 rings (SSSR count). The lowest BCUT2D eigenvalue weighted by atomic mass is 9.70. The summed E-state index contributed by atoms with van der Waals surface area (Å²) in [5.41, 5.74) is 16.6. The average Bonchev–Trinajstić information content (AvgIpc) is 3.90. The minimum absolute atomic E-state index is 0.430. The molecule has 56 heavy (non-hydrogen) atoms. The van der Waals surface area contributed by atoms with Crippen LogP contribution in [0.15, 0.2) is 192 Å². The van der Waals surface area contributed by atoms with Gasteiger partial charge < -0.3 is 4.42 Å². The summed E-state index contributed by atoms with van der Waals surface area (Å²) in [7, 11) is 0. The van der Waals surface area contributed by atoms with Crippen molar-refractivity contribution in [2.75, 3.05) is 0 Å². The molecule has 0 saturated carbocycles. The fourth-order valence-electron chi connectivity index (χ4n) is 9.40. The van der Waals surface area contributed by atoms with Gasteiger partial charge >= 0.3 is 0 Å². The van der Waals surface area contributed by atoms with E-state index in [4.69, 9.17) is 19.4 Å². The first kappa shape index (κ1) is 31.0.